The van der Waals surface area contributed by atoms with Crippen molar-refractivity contribution in [2.24, 2.45) is 0 Å². The molecule has 3 aromatic heterocycles. The Morgan fingerprint density at radius 3 is 1.70 bits per heavy atom. The second-order valence-corrected chi connectivity index (χ2v) is 21.2. The van der Waals surface area contributed by atoms with Crippen LogP contribution in [0, 0.1) is 0 Å². The van der Waals surface area contributed by atoms with E-state index in [0.717, 1.165) is 40.8 Å². The lowest BCUT2D eigenvalue weighted by molar-refractivity contribution is 0.433. The van der Waals surface area contributed by atoms with E-state index in [2.05, 4.69) is 231 Å². The molecule has 0 atom stereocenters. The van der Waals surface area contributed by atoms with Gasteiger partial charge in [0.15, 0.2) is 0 Å². The molecule has 2 aliphatic rings. The van der Waals surface area contributed by atoms with Gasteiger partial charge in [0.2, 0.25) is 5.95 Å². The fourth-order valence-electron chi connectivity index (χ4n) is 13.5. The van der Waals surface area contributed by atoms with Crippen molar-refractivity contribution in [3.63, 3.8) is 0 Å². The van der Waals surface area contributed by atoms with Crippen LogP contribution in [0.4, 0.5) is 0 Å². The summed E-state index contributed by atoms with van der Waals surface area (Å²) in [6, 6.07) is 72.0. The number of nitrogens with zero attached hydrogens (tertiary/aromatic N) is 4. The van der Waals surface area contributed by atoms with E-state index in [4.69, 9.17) is 9.97 Å². The summed E-state index contributed by atoms with van der Waals surface area (Å²) in [5.74, 6) is 0.678. The van der Waals surface area contributed by atoms with Crippen LogP contribution in [0.25, 0.3) is 121 Å². The fraction of sp³-hybridized carbons (Fsp3) is 0.134. The number of fused-ring (bicyclic) bond motifs is 19. The van der Waals surface area contributed by atoms with Gasteiger partial charge in [-0.25, -0.2) is 9.97 Å². The smallest absolute Gasteiger partial charge is 0.235 e. The first-order valence-electron chi connectivity index (χ1n) is 25.3. The molecule has 2 aliphatic carbocycles. The van der Waals surface area contributed by atoms with Crippen molar-refractivity contribution in [1.82, 2.24) is 19.1 Å². The zero-order chi connectivity index (χ0) is 47.3. The number of para-hydroxylation sites is 1. The highest BCUT2D eigenvalue weighted by Crippen LogP contribution is 2.53. The van der Waals surface area contributed by atoms with E-state index in [-0.39, 0.29) is 10.8 Å². The predicted octanol–water partition coefficient (Wildman–Crippen LogP) is 17.4. The number of aryl methyl sites for hydroxylation is 1. The molecular formula is C67H50N4. The van der Waals surface area contributed by atoms with Crippen LogP contribution in [0.2, 0.25) is 0 Å². The highest BCUT2D eigenvalue weighted by Gasteiger charge is 2.41. The van der Waals surface area contributed by atoms with Crippen molar-refractivity contribution in [2.45, 2.75) is 57.8 Å². The molecule has 338 valence electrons. The summed E-state index contributed by atoms with van der Waals surface area (Å²) in [4.78, 5) is 11.8. The van der Waals surface area contributed by atoms with Crippen LogP contribution in [-0.4, -0.2) is 19.1 Å². The van der Waals surface area contributed by atoms with Gasteiger partial charge in [-0.05, 0) is 86.0 Å². The van der Waals surface area contributed by atoms with Crippen LogP contribution in [0.5, 0.6) is 0 Å². The van der Waals surface area contributed by atoms with Crippen LogP contribution in [0.15, 0.2) is 194 Å². The average molecular weight is 911 g/mol. The third-order valence-electron chi connectivity index (χ3n) is 16.6. The molecule has 4 nitrogen and oxygen atoms in total. The van der Waals surface area contributed by atoms with Crippen molar-refractivity contribution < 1.29 is 0 Å². The Morgan fingerprint density at radius 2 is 0.958 bits per heavy atom. The van der Waals surface area contributed by atoms with Gasteiger partial charge in [0.25, 0.3) is 0 Å². The Balaban J connectivity index is 1.20. The topological polar surface area (TPSA) is 35.6 Å². The molecule has 13 aromatic rings. The van der Waals surface area contributed by atoms with Gasteiger partial charge < -0.3 is 4.57 Å². The van der Waals surface area contributed by atoms with E-state index in [1.807, 2.05) is 0 Å². The van der Waals surface area contributed by atoms with Gasteiger partial charge >= 0.3 is 0 Å². The molecule has 3 heterocycles. The summed E-state index contributed by atoms with van der Waals surface area (Å²) in [6.07, 6.45) is 3.34. The van der Waals surface area contributed by atoms with Gasteiger partial charge in [-0.1, -0.05) is 210 Å². The maximum absolute atomic E-state index is 5.93. The minimum absolute atomic E-state index is 0.0468. The number of rotatable bonds is 4. The van der Waals surface area contributed by atoms with Crippen molar-refractivity contribution in [2.75, 3.05) is 0 Å². The summed E-state index contributed by atoms with van der Waals surface area (Å²) in [6.45, 7) is 9.55. The number of benzene rings is 10. The van der Waals surface area contributed by atoms with Crippen LogP contribution < -0.4 is 0 Å². The highest BCUT2D eigenvalue weighted by molar-refractivity contribution is 6.36. The Morgan fingerprint density at radius 1 is 0.408 bits per heavy atom. The molecule has 0 N–H and O–H groups in total. The molecule has 0 fully saturated rings. The van der Waals surface area contributed by atoms with Crippen molar-refractivity contribution in [3.8, 4) is 45.3 Å². The minimum Gasteiger partial charge on any atom is -0.308 e. The Hall–Kier alpha value is -8.34. The molecule has 10 aromatic carbocycles. The molecule has 0 unspecified atom stereocenters. The van der Waals surface area contributed by atoms with Crippen LogP contribution in [-0.2, 0) is 17.3 Å². The minimum atomic E-state index is -0.321. The lowest BCUT2D eigenvalue weighted by Gasteiger charge is -2.33. The molecule has 0 aliphatic heterocycles. The first kappa shape index (κ1) is 40.5. The lowest BCUT2D eigenvalue weighted by atomic mass is 9.72. The maximum Gasteiger partial charge on any atom is 0.235 e. The number of hydrogen-bond donors (Lipinski definition) is 0. The Kier molecular flexibility index (Phi) is 8.34. The molecule has 4 heteroatoms. The van der Waals surface area contributed by atoms with E-state index in [1.54, 1.807) is 0 Å². The SMILES string of the molecule is CC1(C)CCCc2c1ccc1c3c(ccc4c5ccc6c7ccccc7c7ccccc7c6c5n(-c5nc(-c6ccccc6)c6c(n5)-c5ccccc5C6(C)C)c43)n(-c3ccccc3-c3ccccc3)c21. The van der Waals surface area contributed by atoms with Crippen molar-refractivity contribution >= 4 is 75.9 Å². The zero-order valence-corrected chi connectivity index (χ0v) is 40.4. The van der Waals surface area contributed by atoms with Gasteiger partial charge in [0.1, 0.15) is 0 Å². The molecule has 0 amide bonds. The Bertz CT molecular complexity index is 4380. The third kappa shape index (κ3) is 5.51. The molecule has 71 heavy (non-hydrogen) atoms. The molecule has 0 radical (unpaired) electrons. The first-order valence-corrected chi connectivity index (χ1v) is 25.3. The van der Waals surface area contributed by atoms with E-state index < -0.39 is 0 Å². The summed E-state index contributed by atoms with van der Waals surface area (Å²) >= 11 is 0. The van der Waals surface area contributed by atoms with Gasteiger partial charge in [-0.15, -0.1) is 0 Å². The van der Waals surface area contributed by atoms with Gasteiger partial charge in [0.05, 0.1) is 39.1 Å². The molecule has 0 saturated heterocycles. The predicted molar refractivity (Wildman–Crippen MR) is 298 cm³/mol. The molecule has 15 rings (SSSR count). The second kappa shape index (κ2) is 14.6. The summed E-state index contributed by atoms with van der Waals surface area (Å²) in [5.41, 5.74) is 17.6. The van der Waals surface area contributed by atoms with Gasteiger partial charge in [-0.2, -0.15) is 0 Å². The standard InChI is InChI=1S/C67H50N4/c1-66(2)39-19-30-51-53(66)37-35-52-58-56(70(62(51)52)55-32-18-16-24-42(55)40-20-7-5-8-21-40)38-36-49-48-34-33-47-45-27-12-11-25-43(45)44-26-13-14-28-46(44)57(47)63(48)71(64(49)58)65-68-60(41-22-9-6-10-23-41)59-61(69-65)50-29-15-17-31-54(50)67(59,3)4/h5-18,20-29,31-38H,19,30,39H2,1-4H3. The average Bonchev–Trinajstić information content (AvgIpc) is 4.02. The summed E-state index contributed by atoms with van der Waals surface area (Å²) in [5, 5.41) is 12.2. The summed E-state index contributed by atoms with van der Waals surface area (Å²) < 4.78 is 5.11. The third-order valence-corrected chi connectivity index (χ3v) is 16.6. The molecule has 0 bridgehead atoms. The molecule has 0 saturated carbocycles. The van der Waals surface area contributed by atoms with Gasteiger partial charge in [-0.3, -0.25) is 4.57 Å². The van der Waals surface area contributed by atoms with Crippen molar-refractivity contribution in [1.29, 1.82) is 0 Å². The van der Waals surface area contributed by atoms with E-state index in [9.17, 15) is 0 Å². The summed E-state index contributed by atoms with van der Waals surface area (Å²) in [7, 11) is 0. The van der Waals surface area contributed by atoms with E-state index >= 15 is 0 Å². The fourth-order valence-corrected chi connectivity index (χ4v) is 13.5. The van der Waals surface area contributed by atoms with E-state index in [1.165, 1.54) is 116 Å². The zero-order valence-electron chi connectivity index (χ0n) is 40.4. The molecule has 0 spiro atoms. The lowest BCUT2D eigenvalue weighted by Crippen LogP contribution is -2.24. The monoisotopic (exact) mass is 910 g/mol. The Labute approximate surface area is 412 Å². The van der Waals surface area contributed by atoms with Crippen LogP contribution >= 0.6 is 0 Å². The number of hydrogen-bond acceptors (Lipinski definition) is 2. The second-order valence-electron chi connectivity index (χ2n) is 21.2. The highest BCUT2D eigenvalue weighted by atomic mass is 15.2. The first-order chi connectivity index (χ1) is 34.8. The van der Waals surface area contributed by atoms with Gasteiger partial charge in [0, 0.05) is 54.6 Å². The maximum atomic E-state index is 5.93. The quantitative estimate of drug-likeness (QED) is 0.165. The van der Waals surface area contributed by atoms with Crippen LogP contribution in [0.1, 0.15) is 62.8 Å². The molecular weight excluding hydrogens is 861 g/mol. The largest absolute Gasteiger partial charge is 0.308 e. The number of aromatic nitrogens is 4. The van der Waals surface area contributed by atoms with Crippen molar-refractivity contribution in [3.05, 3.63) is 216 Å². The van der Waals surface area contributed by atoms with Crippen LogP contribution in [0.3, 0.4) is 0 Å². The van der Waals surface area contributed by atoms with E-state index in [0.29, 0.717) is 5.95 Å². The normalized spacial score (nSPS) is 14.8.